The van der Waals surface area contributed by atoms with Gasteiger partial charge >= 0.3 is 0 Å². The van der Waals surface area contributed by atoms with Gasteiger partial charge in [-0.1, -0.05) is 129 Å². The van der Waals surface area contributed by atoms with E-state index in [1.54, 1.807) is 6.08 Å². The number of rotatable bonds is 28. The molecule has 2 aromatic carbocycles. The minimum atomic E-state index is -0.0924. The van der Waals surface area contributed by atoms with Gasteiger partial charge in [-0.25, -0.2) is 0 Å². The molecule has 0 aliphatic carbocycles. The molecule has 0 fully saturated rings. The maximum atomic E-state index is 13.3. The van der Waals surface area contributed by atoms with Crippen LogP contribution in [0.15, 0.2) is 36.4 Å². The van der Waals surface area contributed by atoms with Gasteiger partial charge in [0.2, 0.25) is 17.2 Å². The van der Waals surface area contributed by atoms with Gasteiger partial charge in [-0.05, 0) is 44.3 Å². The van der Waals surface area contributed by atoms with E-state index < -0.39 is 0 Å². The summed E-state index contributed by atoms with van der Waals surface area (Å²) in [5.74, 6) is 2.66. The van der Waals surface area contributed by atoms with E-state index in [4.69, 9.17) is 23.7 Å². The second-order valence-corrected chi connectivity index (χ2v) is 11.9. The molecule has 258 valence electrons. The van der Waals surface area contributed by atoms with Crippen LogP contribution in [-0.4, -0.2) is 38.8 Å². The van der Waals surface area contributed by atoms with Crippen LogP contribution in [0, 0.1) is 0 Å². The first-order valence-corrected chi connectivity index (χ1v) is 18.3. The first kappa shape index (κ1) is 39.0. The molecule has 2 rings (SSSR count). The molecule has 0 bridgehead atoms. The average molecular weight is 639 g/mol. The molecular weight excluding hydrogens is 576 g/mol. The predicted octanol–water partition coefficient (Wildman–Crippen LogP) is 11.4. The van der Waals surface area contributed by atoms with E-state index in [1.165, 1.54) is 0 Å². The summed E-state index contributed by atoms with van der Waals surface area (Å²) in [6.45, 7) is 13.6. The second kappa shape index (κ2) is 25.0. The standard InChI is InChI=1S/C40H62O6/c1-6-11-19-28-42-36-34(26-27-35(41)33-24-17-16-18-25-33)37(43-29-20-12-7-2)39(45-31-22-14-9-4)40(46-32-23-15-10-5)38(36)44-30-21-13-8-3/h16-18,24-27H,6-15,19-23,28-32H2,1-5H3. The van der Waals surface area contributed by atoms with Gasteiger partial charge in [0.25, 0.3) is 0 Å². The maximum absolute atomic E-state index is 13.3. The maximum Gasteiger partial charge on any atom is 0.211 e. The molecule has 46 heavy (non-hydrogen) atoms. The number of benzene rings is 2. The van der Waals surface area contributed by atoms with Crippen LogP contribution in [-0.2, 0) is 0 Å². The van der Waals surface area contributed by atoms with Gasteiger partial charge < -0.3 is 23.7 Å². The summed E-state index contributed by atoms with van der Waals surface area (Å²) in [5, 5.41) is 0. The molecule has 0 atom stereocenters. The number of carbonyl (C=O) groups excluding carboxylic acids is 1. The van der Waals surface area contributed by atoms with Crippen LogP contribution in [0.5, 0.6) is 28.7 Å². The zero-order valence-corrected chi connectivity index (χ0v) is 29.6. The molecule has 0 amide bonds. The molecule has 6 heteroatoms. The highest BCUT2D eigenvalue weighted by atomic mass is 16.6. The number of hydrogen-bond acceptors (Lipinski definition) is 6. The third-order valence-electron chi connectivity index (χ3n) is 7.75. The van der Waals surface area contributed by atoms with E-state index in [1.807, 2.05) is 36.4 Å². The third kappa shape index (κ3) is 14.1. The fraction of sp³-hybridized carbons (Fsp3) is 0.625. The zero-order chi connectivity index (χ0) is 33.2. The molecule has 2 aromatic rings. The number of carbonyl (C=O) groups is 1. The monoisotopic (exact) mass is 638 g/mol. The Morgan fingerprint density at radius 1 is 0.478 bits per heavy atom. The van der Waals surface area contributed by atoms with Gasteiger partial charge in [0.15, 0.2) is 17.3 Å². The number of ketones is 1. The van der Waals surface area contributed by atoms with Crippen LogP contribution in [0.25, 0.3) is 6.08 Å². The van der Waals surface area contributed by atoms with Gasteiger partial charge in [0.1, 0.15) is 0 Å². The lowest BCUT2D eigenvalue weighted by atomic mass is 10.1. The number of ether oxygens (including phenoxy) is 5. The summed E-state index contributed by atoms with van der Waals surface area (Å²) < 4.78 is 32.9. The summed E-state index contributed by atoms with van der Waals surface area (Å²) in [6, 6.07) is 9.32. The Kier molecular flexibility index (Phi) is 21.2. The van der Waals surface area contributed by atoms with Crippen LogP contribution in [0.1, 0.15) is 147 Å². The topological polar surface area (TPSA) is 63.2 Å². The molecule has 0 N–H and O–H groups in total. The molecule has 0 radical (unpaired) electrons. The highest BCUT2D eigenvalue weighted by Gasteiger charge is 2.30. The molecule has 0 aromatic heterocycles. The van der Waals surface area contributed by atoms with E-state index in [2.05, 4.69) is 34.6 Å². The Balaban J connectivity index is 2.80. The highest BCUT2D eigenvalue weighted by Crippen LogP contribution is 2.55. The van der Waals surface area contributed by atoms with Crippen LogP contribution in [0.3, 0.4) is 0 Å². The van der Waals surface area contributed by atoms with Crippen molar-refractivity contribution in [3.8, 4) is 28.7 Å². The molecule has 6 nitrogen and oxygen atoms in total. The average Bonchev–Trinajstić information content (AvgIpc) is 3.08. The fourth-order valence-electron chi connectivity index (χ4n) is 4.98. The van der Waals surface area contributed by atoms with Gasteiger partial charge in [0.05, 0.1) is 38.6 Å². The summed E-state index contributed by atoms with van der Waals surface area (Å²) in [7, 11) is 0. The van der Waals surface area contributed by atoms with Crippen molar-refractivity contribution in [2.24, 2.45) is 0 Å². The van der Waals surface area contributed by atoms with E-state index in [0.717, 1.165) is 96.3 Å². The summed E-state index contributed by atoms with van der Waals surface area (Å²) >= 11 is 0. The van der Waals surface area contributed by atoms with Gasteiger partial charge in [0, 0.05) is 5.56 Å². The van der Waals surface area contributed by atoms with Crippen molar-refractivity contribution < 1.29 is 28.5 Å². The van der Waals surface area contributed by atoms with Crippen molar-refractivity contribution in [3.63, 3.8) is 0 Å². The molecule has 0 heterocycles. The molecule has 0 saturated carbocycles. The van der Waals surface area contributed by atoms with E-state index in [9.17, 15) is 4.79 Å². The molecule has 0 aliphatic heterocycles. The van der Waals surface area contributed by atoms with E-state index in [-0.39, 0.29) is 5.78 Å². The van der Waals surface area contributed by atoms with Crippen molar-refractivity contribution in [2.75, 3.05) is 33.0 Å². The van der Waals surface area contributed by atoms with Crippen molar-refractivity contribution in [1.82, 2.24) is 0 Å². The summed E-state index contributed by atoms with van der Waals surface area (Å²) in [5.41, 5.74) is 1.28. The summed E-state index contributed by atoms with van der Waals surface area (Å²) in [6.07, 6.45) is 18.8. The van der Waals surface area contributed by atoms with Crippen molar-refractivity contribution in [2.45, 2.75) is 131 Å². The number of hydrogen-bond donors (Lipinski definition) is 0. The second-order valence-electron chi connectivity index (χ2n) is 11.9. The Labute approximate surface area is 280 Å². The van der Waals surface area contributed by atoms with Crippen molar-refractivity contribution in [3.05, 3.63) is 47.5 Å². The van der Waals surface area contributed by atoms with E-state index >= 15 is 0 Å². The minimum Gasteiger partial charge on any atom is -0.489 e. The number of allylic oxidation sites excluding steroid dienone is 1. The van der Waals surface area contributed by atoms with Crippen molar-refractivity contribution >= 4 is 11.9 Å². The van der Waals surface area contributed by atoms with Crippen LogP contribution in [0.2, 0.25) is 0 Å². The highest BCUT2D eigenvalue weighted by molar-refractivity contribution is 6.07. The fourth-order valence-corrected chi connectivity index (χ4v) is 4.98. The molecule has 0 unspecified atom stereocenters. The third-order valence-corrected chi connectivity index (χ3v) is 7.75. The Morgan fingerprint density at radius 2 is 0.804 bits per heavy atom. The van der Waals surface area contributed by atoms with Crippen LogP contribution >= 0.6 is 0 Å². The van der Waals surface area contributed by atoms with Gasteiger partial charge in [-0.3, -0.25) is 4.79 Å². The first-order chi connectivity index (χ1) is 22.6. The smallest absolute Gasteiger partial charge is 0.211 e. The van der Waals surface area contributed by atoms with Crippen LogP contribution < -0.4 is 23.7 Å². The minimum absolute atomic E-state index is 0.0924. The Bertz CT molecular complexity index is 1060. The Morgan fingerprint density at radius 3 is 1.15 bits per heavy atom. The normalized spacial score (nSPS) is 11.2. The molecular formula is C40H62O6. The van der Waals surface area contributed by atoms with Gasteiger partial charge in [-0.15, -0.1) is 0 Å². The first-order valence-electron chi connectivity index (χ1n) is 18.3. The lowest BCUT2D eigenvalue weighted by Crippen LogP contribution is -2.12. The van der Waals surface area contributed by atoms with Crippen molar-refractivity contribution in [1.29, 1.82) is 0 Å². The predicted molar refractivity (Wildman–Crippen MR) is 191 cm³/mol. The zero-order valence-electron chi connectivity index (χ0n) is 29.6. The van der Waals surface area contributed by atoms with E-state index in [0.29, 0.717) is 72.9 Å². The van der Waals surface area contributed by atoms with Crippen LogP contribution in [0.4, 0.5) is 0 Å². The molecule has 0 spiro atoms. The molecule has 0 saturated heterocycles. The Hall–Kier alpha value is -3.15. The molecule has 0 aliphatic rings. The van der Waals surface area contributed by atoms with Gasteiger partial charge in [-0.2, -0.15) is 0 Å². The lowest BCUT2D eigenvalue weighted by molar-refractivity contribution is 0.104. The number of unbranched alkanes of at least 4 members (excludes halogenated alkanes) is 10. The largest absolute Gasteiger partial charge is 0.489 e. The summed E-state index contributed by atoms with van der Waals surface area (Å²) in [4.78, 5) is 13.3. The lowest BCUT2D eigenvalue weighted by Gasteiger charge is -2.25. The quantitative estimate of drug-likeness (QED) is 0.0525. The SMILES string of the molecule is CCCCCOc1c(C=CC(=O)c2ccccc2)c(OCCCCC)c(OCCCCC)c(OCCCCC)c1OCCCCC.